The summed E-state index contributed by atoms with van der Waals surface area (Å²) in [6.45, 7) is 3.99. The van der Waals surface area contributed by atoms with Crippen LogP contribution in [0.4, 0.5) is 0 Å². The van der Waals surface area contributed by atoms with Gasteiger partial charge in [-0.25, -0.2) is 0 Å². The van der Waals surface area contributed by atoms with Gasteiger partial charge in [0.1, 0.15) is 0 Å². The highest BCUT2D eigenvalue weighted by Gasteiger charge is 2.01. The van der Waals surface area contributed by atoms with Crippen LogP contribution in [0.2, 0.25) is 0 Å². The number of aryl methyl sites for hydroxylation is 1. The molecule has 0 unspecified atom stereocenters. The molecule has 14 heavy (non-hydrogen) atoms. The molecule has 70 valence electrons. The fourth-order valence-corrected chi connectivity index (χ4v) is 1.67. The van der Waals surface area contributed by atoms with E-state index in [1.54, 1.807) is 18.5 Å². The summed E-state index contributed by atoms with van der Waals surface area (Å²) in [7, 11) is 1.96. The lowest BCUT2D eigenvalue weighted by Crippen LogP contribution is -2.26. The van der Waals surface area contributed by atoms with E-state index in [4.69, 9.17) is 5.41 Å². The molecule has 1 N–H and O–H groups in total. The van der Waals surface area contributed by atoms with Crippen molar-refractivity contribution in [3.8, 4) is 0 Å². The maximum absolute atomic E-state index is 7.07. The third-order valence-corrected chi connectivity index (χ3v) is 2.40. The van der Waals surface area contributed by atoms with Gasteiger partial charge in [-0.2, -0.15) is 0 Å². The van der Waals surface area contributed by atoms with Crippen molar-refractivity contribution in [1.29, 1.82) is 5.41 Å². The number of fused-ring (bicyclic) bond motifs is 1. The van der Waals surface area contributed by atoms with E-state index in [9.17, 15) is 0 Å². The van der Waals surface area contributed by atoms with E-state index in [0.717, 1.165) is 21.5 Å². The van der Waals surface area contributed by atoms with E-state index in [2.05, 4.69) is 11.6 Å². The molecule has 3 heteroatoms. The zero-order chi connectivity index (χ0) is 10.1. The summed E-state index contributed by atoms with van der Waals surface area (Å²) in [5.74, 6) is 0. The molecule has 0 saturated heterocycles. The Bertz CT molecular complexity index is 593. The van der Waals surface area contributed by atoms with Gasteiger partial charge in [0.15, 0.2) is 0 Å². The normalized spacial score (nSPS) is 12.2. The number of rotatable bonds is 1. The first kappa shape index (κ1) is 8.69. The lowest BCUT2D eigenvalue weighted by molar-refractivity contribution is 0.926. The van der Waals surface area contributed by atoms with Gasteiger partial charge in [0.05, 0.1) is 5.52 Å². The van der Waals surface area contributed by atoms with Crippen molar-refractivity contribution in [2.24, 2.45) is 7.05 Å². The minimum Gasteiger partial charge on any atom is -0.343 e. The molecule has 2 aromatic heterocycles. The van der Waals surface area contributed by atoms with Crippen molar-refractivity contribution in [3.63, 3.8) is 0 Å². The zero-order valence-electron chi connectivity index (χ0n) is 7.99. The Morgan fingerprint density at radius 2 is 2.36 bits per heavy atom. The van der Waals surface area contributed by atoms with Crippen LogP contribution in [0, 0.1) is 5.41 Å². The molecule has 0 fully saturated rings. The molecule has 0 radical (unpaired) electrons. The Morgan fingerprint density at radius 1 is 1.57 bits per heavy atom. The Hall–Kier alpha value is -1.90. The summed E-state index contributed by atoms with van der Waals surface area (Å²) >= 11 is 0. The average molecular weight is 185 g/mol. The van der Waals surface area contributed by atoms with Crippen molar-refractivity contribution in [2.75, 3.05) is 0 Å². The third kappa shape index (κ3) is 1.06. The SMILES string of the molecule is C=c1/c(=C\C=N)n(C)c2ccncc12. The highest BCUT2D eigenvalue weighted by Crippen LogP contribution is 2.03. The van der Waals surface area contributed by atoms with Gasteiger partial charge in [-0.15, -0.1) is 0 Å². The lowest BCUT2D eigenvalue weighted by Gasteiger charge is -1.93. The molecule has 2 heterocycles. The highest BCUT2D eigenvalue weighted by molar-refractivity contribution is 5.90. The fraction of sp³-hybridized carbons (Fsp3) is 0.0909. The van der Waals surface area contributed by atoms with Crippen LogP contribution >= 0.6 is 0 Å². The van der Waals surface area contributed by atoms with Gasteiger partial charge < -0.3 is 9.98 Å². The zero-order valence-corrected chi connectivity index (χ0v) is 7.99. The van der Waals surface area contributed by atoms with E-state index in [1.807, 2.05) is 17.7 Å². The minimum absolute atomic E-state index is 0.930. The van der Waals surface area contributed by atoms with Gasteiger partial charge >= 0.3 is 0 Å². The number of hydrogen-bond donors (Lipinski definition) is 1. The molecule has 2 aromatic rings. The molecule has 0 aromatic carbocycles. The first-order valence-electron chi connectivity index (χ1n) is 4.34. The second-order valence-corrected chi connectivity index (χ2v) is 3.15. The summed E-state index contributed by atoms with van der Waals surface area (Å²) in [6.07, 6.45) is 6.58. The van der Waals surface area contributed by atoms with Crippen LogP contribution < -0.4 is 10.6 Å². The molecule has 2 rings (SSSR count). The largest absolute Gasteiger partial charge is 0.343 e. The van der Waals surface area contributed by atoms with Crippen molar-refractivity contribution in [2.45, 2.75) is 0 Å². The molecule has 0 saturated carbocycles. The summed E-state index contributed by atoms with van der Waals surface area (Å²) in [5.41, 5.74) is 1.10. The molecule has 0 aliphatic heterocycles. The molecule has 0 bridgehead atoms. The number of hydrogen-bond acceptors (Lipinski definition) is 2. The van der Waals surface area contributed by atoms with Crippen molar-refractivity contribution in [1.82, 2.24) is 9.55 Å². The van der Waals surface area contributed by atoms with Crippen molar-refractivity contribution >= 4 is 29.8 Å². The first-order chi connectivity index (χ1) is 6.75. The van der Waals surface area contributed by atoms with Crippen LogP contribution in [-0.2, 0) is 7.05 Å². The maximum atomic E-state index is 7.07. The fourth-order valence-electron chi connectivity index (χ4n) is 1.67. The molecule has 3 nitrogen and oxygen atoms in total. The van der Waals surface area contributed by atoms with Crippen LogP contribution in [0.25, 0.3) is 23.6 Å². The smallest absolute Gasteiger partial charge is 0.0519 e. The van der Waals surface area contributed by atoms with Crippen molar-refractivity contribution < 1.29 is 0 Å². The Balaban J connectivity index is 3.08. The van der Waals surface area contributed by atoms with E-state index in [0.29, 0.717) is 0 Å². The van der Waals surface area contributed by atoms with Gasteiger partial charge in [-0.3, -0.25) is 4.98 Å². The van der Waals surface area contributed by atoms with Gasteiger partial charge in [0, 0.05) is 41.6 Å². The van der Waals surface area contributed by atoms with Crippen LogP contribution in [0.1, 0.15) is 0 Å². The number of nitrogens with zero attached hydrogens (tertiary/aromatic N) is 2. The van der Waals surface area contributed by atoms with Gasteiger partial charge in [-0.1, -0.05) is 6.58 Å². The van der Waals surface area contributed by atoms with Crippen LogP contribution in [-0.4, -0.2) is 15.8 Å². The second-order valence-electron chi connectivity index (χ2n) is 3.15. The standard InChI is InChI=1S/C11H11N3/c1-8-9-7-13-6-4-11(9)14(2)10(8)3-5-12/h3-7,12H,1H2,2H3/b10-3+,12-5?. The predicted octanol–water partition coefficient (Wildman–Crippen LogP) is 0.414. The number of pyridine rings is 1. The topological polar surface area (TPSA) is 41.7 Å². The number of nitrogens with one attached hydrogen (secondary N) is 1. The average Bonchev–Trinajstić information content (AvgIpc) is 2.45. The Kier molecular flexibility index (Phi) is 1.93. The van der Waals surface area contributed by atoms with E-state index in [1.165, 1.54) is 6.21 Å². The van der Waals surface area contributed by atoms with E-state index in [-0.39, 0.29) is 0 Å². The summed E-state index contributed by atoms with van der Waals surface area (Å²) in [6, 6.07) is 1.95. The molecule has 0 spiro atoms. The molecule has 0 aliphatic rings. The molecule has 0 amide bonds. The van der Waals surface area contributed by atoms with Gasteiger partial charge in [0.2, 0.25) is 0 Å². The minimum atomic E-state index is 0.930. The molecule has 0 atom stereocenters. The Labute approximate surface area is 81.5 Å². The summed E-state index contributed by atoms with van der Waals surface area (Å²) in [4.78, 5) is 4.06. The van der Waals surface area contributed by atoms with Gasteiger partial charge in [0.25, 0.3) is 0 Å². The first-order valence-corrected chi connectivity index (χ1v) is 4.34. The third-order valence-electron chi connectivity index (χ3n) is 2.40. The summed E-state index contributed by atoms with van der Waals surface area (Å²) in [5, 5.41) is 10.0. The molecular formula is C11H11N3. The maximum Gasteiger partial charge on any atom is 0.0519 e. The van der Waals surface area contributed by atoms with Gasteiger partial charge in [-0.05, 0) is 12.1 Å². The van der Waals surface area contributed by atoms with Crippen LogP contribution in [0.3, 0.4) is 0 Å². The lowest BCUT2D eigenvalue weighted by atomic mass is 10.3. The van der Waals surface area contributed by atoms with Crippen LogP contribution in [0.5, 0.6) is 0 Å². The predicted molar refractivity (Wildman–Crippen MR) is 58.7 cm³/mol. The number of aromatic nitrogens is 2. The quantitative estimate of drug-likeness (QED) is 0.642. The monoisotopic (exact) mass is 185 g/mol. The highest BCUT2D eigenvalue weighted by atomic mass is 14.9. The molecular weight excluding hydrogens is 174 g/mol. The van der Waals surface area contributed by atoms with Crippen LogP contribution in [0.15, 0.2) is 18.5 Å². The summed E-state index contributed by atoms with van der Waals surface area (Å²) < 4.78 is 2.02. The van der Waals surface area contributed by atoms with E-state index < -0.39 is 0 Å². The van der Waals surface area contributed by atoms with Crippen molar-refractivity contribution in [3.05, 3.63) is 29.0 Å². The van der Waals surface area contributed by atoms with E-state index >= 15 is 0 Å². The second kappa shape index (κ2) is 3.10. The molecule has 0 aliphatic carbocycles. The Morgan fingerprint density at radius 3 is 3.00 bits per heavy atom.